The maximum atomic E-state index is 11.5. The standard InChI is InChI=1S/C9H13NOS/c1-7-5-8(11)10-4-2-3-9(10)12-6-7/h5,9H,2-4,6H2,1H3. The number of amides is 1. The van der Waals surface area contributed by atoms with Gasteiger partial charge in [-0.25, -0.2) is 0 Å². The fraction of sp³-hybridized carbons (Fsp3) is 0.667. The van der Waals surface area contributed by atoms with Crippen molar-refractivity contribution in [1.82, 2.24) is 4.90 Å². The first-order valence-electron chi connectivity index (χ1n) is 4.37. The van der Waals surface area contributed by atoms with E-state index < -0.39 is 0 Å². The quantitative estimate of drug-likeness (QED) is 0.569. The Balaban J connectivity index is 2.19. The molecule has 0 spiro atoms. The molecule has 2 heterocycles. The van der Waals surface area contributed by atoms with Crippen molar-refractivity contribution in [1.29, 1.82) is 0 Å². The van der Waals surface area contributed by atoms with Gasteiger partial charge in [-0.05, 0) is 19.8 Å². The van der Waals surface area contributed by atoms with E-state index in [1.54, 1.807) is 6.08 Å². The van der Waals surface area contributed by atoms with Gasteiger partial charge in [-0.2, -0.15) is 0 Å². The SMILES string of the molecule is CC1=CC(=O)N2CCCC2SC1. The summed E-state index contributed by atoms with van der Waals surface area (Å²) in [7, 11) is 0. The summed E-state index contributed by atoms with van der Waals surface area (Å²) in [6.45, 7) is 2.99. The van der Waals surface area contributed by atoms with Crippen molar-refractivity contribution in [3.05, 3.63) is 11.6 Å². The lowest BCUT2D eigenvalue weighted by atomic mass is 10.3. The van der Waals surface area contributed by atoms with Gasteiger partial charge in [0.25, 0.3) is 0 Å². The van der Waals surface area contributed by atoms with Crippen molar-refractivity contribution in [3.8, 4) is 0 Å². The smallest absolute Gasteiger partial charge is 0.247 e. The predicted octanol–water partition coefficient (Wildman–Crippen LogP) is 1.63. The largest absolute Gasteiger partial charge is 0.327 e. The Morgan fingerprint density at radius 1 is 1.67 bits per heavy atom. The van der Waals surface area contributed by atoms with Gasteiger partial charge in [0.05, 0.1) is 5.37 Å². The van der Waals surface area contributed by atoms with Gasteiger partial charge >= 0.3 is 0 Å². The van der Waals surface area contributed by atoms with E-state index in [1.807, 2.05) is 23.6 Å². The second-order valence-electron chi connectivity index (χ2n) is 3.43. The average molecular weight is 183 g/mol. The third kappa shape index (κ3) is 1.38. The van der Waals surface area contributed by atoms with E-state index in [2.05, 4.69) is 0 Å². The minimum absolute atomic E-state index is 0.222. The number of carbonyl (C=O) groups is 1. The molecule has 0 aliphatic carbocycles. The molecular formula is C9H13NOS. The monoisotopic (exact) mass is 183 g/mol. The van der Waals surface area contributed by atoms with Crippen molar-refractivity contribution >= 4 is 17.7 Å². The highest BCUT2D eigenvalue weighted by Crippen LogP contribution is 2.30. The van der Waals surface area contributed by atoms with Crippen LogP contribution in [0.5, 0.6) is 0 Å². The van der Waals surface area contributed by atoms with Crippen molar-refractivity contribution in [2.45, 2.75) is 25.1 Å². The van der Waals surface area contributed by atoms with Crippen LogP contribution in [0.15, 0.2) is 11.6 Å². The number of rotatable bonds is 0. The molecule has 3 heteroatoms. The minimum atomic E-state index is 0.222. The van der Waals surface area contributed by atoms with Gasteiger partial charge in [0, 0.05) is 18.4 Å². The number of fused-ring (bicyclic) bond motifs is 1. The molecule has 2 rings (SSSR count). The first-order valence-corrected chi connectivity index (χ1v) is 5.41. The fourth-order valence-corrected chi connectivity index (χ4v) is 2.99. The van der Waals surface area contributed by atoms with Crippen LogP contribution in [0.25, 0.3) is 0 Å². The zero-order chi connectivity index (χ0) is 8.55. The van der Waals surface area contributed by atoms with E-state index in [9.17, 15) is 4.79 Å². The van der Waals surface area contributed by atoms with Crippen LogP contribution in [0.1, 0.15) is 19.8 Å². The molecule has 0 aromatic heterocycles. The Morgan fingerprint density at radius 3 is 3.33 bits per heavy atom. The van der Waals surface area contributed by atoms with Crippen LogP contribution in [0.2, 0.25) is 0 Å². The summed E-state index contributed by atoms with van der Waals surface area (Å²) in [5, 5.41) is 0.464. The van der Waals surface area contributed by atoms with E-state index in [0.29, 0.717) is 5.37 Å². The molecule has 1 unspecified atom stereocenters. The number of nitrogens with zero attached hydrogens (tertiary/aromatic N) is 1. The van der Waals surface area contributed by atoms with Gasteiger partial charge in [0.2, 0.25) is 5.91 Å². The van der Waals surface area contributed by atoms with Gasteiger partial charge in [0.15, 0.2) is 0 Å². The molecule has 0 aromatic rings. The Kier molecular flexibility index (Phi) is 2.13. The maximum absolute atomic E-state index is 11.5. The van der Waals surface area contributed by atoms with Crippen LogP contribution in [0, 0.1) is 0 Å². The highest BCUT2D eigenvalue weighted by molar-refractivity contribution is 8.00. The highest BCUT2D eigenvalue weighted by atomic mass is 32.2. The van der Waals surface area contributed by atoms with Crippen molar-refractivity contribution in [2.24, 2.45) is 0 Å². The lowest BCUT2D eigenvalue weighted by molar-refractivity contribution is -0.125. The molecule has 1 saturated heterocycles. The van der Waals surface area contributed by atoms with E-state index in [0.717, 1.165) is 12.3 Å². The van der Waals surface area contributed by atoms with E-state index >= 15 is 0 Å². The average Bonchev–Trinajstić information content (AvgIpc) is 2.43. The van der Waals surface area contributed by atoms with Crippen LogP contribution in [-0.2, 0) is 4.79 Å². The molecule has 2 aliphatic rings. The van der Waals surface area contributed by atoms with Crippen molar-refractivity contribution in [3.63, 3.8) is 0 Å². The number of thioether (sulfide) groups is 1. The first kappa shape index (κ1) is 8.17. The molecular weight excluding hydrogens is 170 g/mol. The number of carbonyl (C=O) groups excluding carboxylic acids is 1. The second kappa shape index (κ2) is 3.13. The van der Waals surface area contributed by atoms with Crippen molar-refractivity contribution in [2.75, 3.05) is 12.3 Å². The molecule has 0 aromatic carbocycles. The molecule has 12 heavy (non-hydrogen) atoms. The van der Waals surface area contributed by atoms with Gasteiger partial charge in [0.1, 0.15) is 0 Å². The molecule has 1 amide bonds. The first-order chi connectivity index (χ1) is 5.77. The van der Waals surface area contributed by atoms with Crippen LogP contribution in [-0.4, -0.2) is 28.5 Å². The third-order valence-corrected chi connectivity index (χ3v) is 3.85. The second-order valence-corrected chi connectivity index (χ2v) is 4.60. The Labute approximate surface area is 77.0 Å². The van der Waals surface area contributed by atoms with E-state index in [1.165, 1.54) is 18.4 Å². The highest BCUT2D eigenvalue weighted by Gasteiger charge is 2.29. The summed E-state index contributed by atoms with van der Waals surface area (Å²) in [5.74, 6) is 1.24. The molecule has 0 radical (unpaired) electrons. The Hall–Kier alpha value is -0.440. The summed E-state index contributed by atoms with van der Waals surface area (Å²) >= 11 is 1.90. The fourth-order valence-electron chi connectivity index (χ4n) is 1.72. The summed E-state index contributed by atoms with van der Waals surface area (Å²) < 4.78 is 0. The molecule has 2 aliphatic heterocycles. The van der Waals surface area contributed by atoms with Gasteiger partial charge in [-0.15, -0.1) is 11.8 Å². The van der Waals surface area contributed by atoms with Gasteiger partial charge < -0.3 is 4.90 Å². The summed E-state index contributed by atoms with van der Waals surface area (Å²) in [6, 6.07) is 0. The molecule has 0 bridgehead atoms. The van der Waals surface area contributed by atoms with Gasteiger partial charge in [-0.1, -0.05) is 5.57 Å². The lowest BCUT2D eigenvalue weighted by Crippen LogP contribution is -2.31. The van der Waals surface area contributed by atoms with Crippen LogP contribution in [0.3, 0.4) is 0 Å². The molecule has 1 atom stereocenters. The molecule has 66 valence electrons. The summed E-state index contributed by atoms with van der Waals surface area (Å²) in [6.07, 6.45) is 4.14. The third-order valence-electron chi connectivity index (χ3n) is 2.35. The number of hydrogen-bond donors (Lipinski definition) is 0. The summed E-state index contributed by atoms with van der Waals surface area (Å²) in [4.78, 5) is 13.5. The molecule has 0 saturated carbocycles. The predicted molar refractivity (Wildman–Crippen MR) is 51.0 cm³/mol. The zero-order valence-electron chi connectivity index (χ0n) is 7.25. The van der Waals surface area contributed by atoms with Gasteiger partial charge in [-0.3, -0.25) is 4.79 Å². The molecule has 2 nitrogen and oxygen atoms in total. The molecule has 1 fully saturated rings. The minimum Gasteiger partial charge on any atom is -0.327 e. The Morgan fingerprint density at radius 2 is 2.50 bits per heavy atom. The number of hydrogen-bond acceptors (Lipinski definition) is 2. The Bertz CT molecular complexity index is 237. The van der Waals surface area contributed by atoms with Crippen LogP contribution in [0.4, 0.5) is 0 Å². The van der Waals surface area contributed by atoms with E-state index in [-0.39, 0.29) is 5.91 Å². The van der Waals surface area contributed by atoms with Crippen molar-refractivity contribution < 1.29 is 4.79 Å². The topological polar surface area (TPSA) is 20.3 Å². The van der Waals surface area contributed by atoms with Crippen LogP contribution >= 0.6 is 11.8 Å². The lowest BCUT2D eigenvalue weighted by Gasteiger charge is -2.20. The maximum Gasteiger partial charge on any atom is 0.247 e. The van der Waals surface area contributed by atoms with E-state index in [4.69, 9.17) is 0 Å². The molecule has 0 N–H and O–H groups in total. The summed E-state index contributed by atoms with van der Waals surface area (Å²) in [5.41, 5.74) is 1.21. The zero-order valence-corrected chi connectivity index (χ0v) is 8.06. The normalized spacial score (nSPS) is 29.8. The van der Waals surface area contributed by atoms with Crippen LogP contribution < -0.4 is 0 Å².